The van der Waals surface area contributed by atoms with Crippen LogP contribution < -0.4 is 5.73 Å². The Hall–Kier alpha value is -0.830. The van der Waals surface area contributed by atoms with Crippen molar-refractivity contribution in [1.29, 1.82) is 0 Å². The first-order valence-corrected chi connectivity index (χ1v) is 7.02. The first-order chi connectivity index (χ1) is 8.18. The van der Waals surface area contributed by atoms with Crippen LogP contribution in [0.25, 0.3) is 0 Å². The van der Waals surface area contributed by atoms with Crippen molar-refractivity contribution in [2.75, 3.05) is 0 Å². The summed E-state index contributed by atoms with van der Waals surface area (Å²) in [7, 11) is 0. The Morgan fingerprint density at radius 2 is 1.94 bits per heavy atom. The molecule has 0 amide bonds. The van der Waals surface area contributed by atoms with Crippen LogP contribution in [0.4, 0.5) is 0 Å². The van der Waals surface area contributed by atoms with Crippen molar-refractivity contribution in [3.05, 3.63) is 57.2 Å². The molecule has 1 atom stereocenters. The van der Waals surface area contributed by atoms with Gasteiger partial charge in [-0.05, 0) is 23.4 Å². The van der Waals surface area contributed by atoms with Crippen LogP contribution >= 0.6 is 22.9 Å². The van der Waals surface area contributed by atoms with Gasteiger partial charge in [0.25, 0.3) is 0 Å². The van der Waals surface area contributed by atoms with E-state index in [1.165, 1.54) is 0 Å². The first-order valence-electron chi connectivity index (χ1n) is 5.76. The lowest BCUT2D eigenvalue weighted by molar-refractivity contribution is 0.494. The maximum atomic E-state index is 6.62. The van der Waals surface area contributed by atoms with Crippen molar-refractivity contribution < 1.29 is 0 Å². The number of rotatable bonds is 4. The van der Waals surface area contributed by atoms with Crippen LogP contribution in [0.3, 0.4) is 0 Å². The maximum absolute atomic E-state index is 6.62. The molecule has 1 unspecified atom stereocenters. The molecule has 90 valence electrons. The molecule has 0 bridgehead atoms. The van der Waals surface area contributed by atoms with Crippen molar-refractivity contribution in [3.63, 3.8) is 0 Å². The first kappa shape index (κ1) is 12.6. The topological polar surface area (TPSA) is 26.0 Å². The molecule has 0 spiro atoms. The van der Waals surface area contributed by atoms with Crippen LogP contribution in [-0.4, -0.2) is 0 Å². The number of hydrogen-bond acceptors (Lipinski definition) is 2. The predicted molar refractivity (Wildman–Crippen MR) is 75.6 cm³/mol. The fourth-order valence-electron chi connectivity index (χ4n) is 2.13. The van der Waals surface area contributed by atoms with E-state index in [0.29, 0.717) is 0 Å². The summed E-state index contributed by atoms with van der Waals surface area (Å²) in [6.07, 6.45) is 1.93. The smallest absolute Gasteiger partial charge is 0.0774 e. The van der Waals surface area contributed by atoms with Gasteiger partial charge in [-0.3, -0.25) is 0 Å². The van der Waals surface area contributed by atoms with Gasteiger partial charge in [-0.1, -0.05) is 55.3 Å². The normalized spacial score (nSPS) is 14.5. The molecule has 0 aliphatic carbocycles. The van der Waals surface area contributed by atoms with Crippen molar-refractivity contribution in [2.24, 2.45) is 5.73 Å². The number of hydrogen-bond donors (Lipinski definition) is 1. The Kier molecular flexibility index (Phi) is 3.87. The maximum Gasteiger partial charge on any atom is 0.0774 e. The zero-order chi connectivity index (χ0) is 12.3. The molecule has 0 fully saturated rings. The number of thiophene rings is 1. The molecular formula is C14H16ClNS. The van der Waals surface area contributed by atoms with Crippen LogP contribution in [0.2, 0.25) is 5.02 Å². The van der Waals surface area contributed by atoms with Gasteiger partial charge in [0, 0.05) is 4.88 Å². The Morgan fingerprint density at radius 3 is 2.47 bits per heavy atom. The number of nitrogens with two attached hydrogens (primary N) is 1. The van der Waals surface area contributed by atoms with Gasteiger partial charge in [0.1, 0.15) is 0 Å². The molecule has 1 nitrogen and oxygen atoms in total. The van der Waals surface area contributed by atoms with Gasteiger partial charge in [-0.25, -0.2) is 0 Å². The Labute approximate surface area is 111 Å². The van der Waals surface area contributed by atoms with E-state index in [1.54, 1.807) is 11.3 Å². The third-order valence-corrected chi connectivity index (χ3v) is 4.47. The minimum Gasteiger partial charge on any atom is -0.317 e. The summed E-state index contributed by atoms with van der Waals surface area (Å²) in [5.41, 5.74) is 7.30. The van der Waals surface area contributed by atoms with Gasteiger partial charge in [-0.15, -0.1) is 11.3 Å². The van der Waals surface area contributed by atoms with Gasteiger partial charge >= 0.3 is 0 Å². The van der Waals surface area contributed by atoms with E-state index in [0.717, 1.165) is 28.3 Å². The Balaban J connectivity index is 2.50. The average molecular weight is 266 g/mol. The van der Waals surface area contributed by atoms with Crippen LogP contribution in [0.1, 0.15) is 30.2 Å². The van der Waals surface area contributed by atoms with Crippen LogP contribution in [-0.2, 0) is 5.54 Å². The summed E-state index contributed by atoms with van der Waals surface area (Å²) in [6.45, 7) is 2.14. The molecule has 3 heteroatoms. The highest BCUT2D eigenvalue weighted by molar-refractivity contribution is 7.10. The SMILES string of the molecule is CCCC(N)(c1ccccc1)c1sccc1Cl. The zero-order valence-electron chi connectivity index (χ0n) is 9.82. The van der Waals surface area contributed by atoms with E-state index in [4.69, 9.17) is 17.3 Å². The van der Waals surface area contributed by atoms with E-state index in [-0.39, 0.29) is 0 Å². The lowest BCUT2D eigenvalue weighted by Crippen LogP contribution is -2.37. The molecule has 17 heavy (non-hydrogen) atoms. The van der Waals surface area contributed by atoms with Crippen LogP contribution in [0, 0.1) is 0 Å². The second-order valence-electron chi connectivity index (χ2n) is 4.19. The fraction of sp³-hybridized carbons (Fsp3) is 0.286. The second kappa shape index (κ2) is 5.21. The molecule has 0 saturated carbocycles. The average Bonchev–Trinajstić information content (AvgIpc) is 2.77. The van der Waals surface area contributed by atoms with Crippen LogP contribution in [0.15, 0.2) is 41.8 Å². The summed E-state index contributed by atoms with van der Waals surface area (Å²) in [4.78, 5) is 1.06. The number of halogens is 1. The Morgan fingerprint density at radius 1 is 1.24 bits per heavy atom. The summed E-state index contributed by atoms with van der Waals surface area (Å²) < 4.78 is 0. The van der Waals surface area contributed by atoms with Crippen molar-refractivity contribution >= 4 is 22.9 Å². The van der Waals surface area contributed by atoms with E-state index in [9.17, 15) is 0 Å². The molecular weight excluding hydrogens is 250 g/mol. The van der Waals surface area contributed by atoms with E-state index >= 15 is 0 Å². The minimum atomic E-state index is -0.457. The minimum absolute atomic E-state index is 0.457. The largest absolute Gasteiger partial charge is 0.317 e. The summed E-state index contributed by atoms with van der Waals surface area (Å²) >= 11 is 7.87. The molecule has 0 saturated heterocycles. The summed E-state index contributed by atoms with van der Waals surface area (Å²) in [5.74, 6) is 0. The highest BCUT2D eigenvalue weighted by Crippen LogP contribution is 2.39. The van der Waals surface area contributed by atoms with E-state index in [2.05, 4.69) is 19.1 Å². The standard InChI is InChI=1S/C14H16ClNS/c1-2-9-14(16,11-6-4-3-5-7-11)13-12(15)8-10-17-13/h3-8,10H,2,9,16H2,1H3. The molecule has 1 heterocycles. The lowest BCUT2D eigenvalue weighted by Gasteiger charge is -2.29. The summed E-state index contributed by atoms with van der Waals surface area (Å²) in [5, 5.41) is 2.77. The highest BCUT2D eigenvalue weighted by atomic mass is 35.5. The molecule has 0 aliphatic heterocycles. The highest BCUT2D eigenvalue weighted by Gasteiger charge is 2.31. The number of benzene rings is 1. The summed E-state index contributed by atoms with van der Waals surface area (Å²) in [6, 6.07) is 12.1. The molecule has 0 radical (unpaired) electrons. The monoisotopic (exact) mass is 265 g/mol. The molecule has 2 N–H and O–H groups in total. The van der Waals surface area contributed by atoms with Crippen molar-refractivity contribution in [2.45, 2.75) is 25.3 Å². The van der Waals surface area contributed by atoms with Gasteiger partial charge < -0.3 is 5.73 Å². The van der Waals surface area contributed by atoms with Crippen molar-refractivity contribution in [3.8, 4) is 0 Å². The van der Waals surface area contributed by atoms with Crippen LogP contribution in [0.5, 0.6) is 0 Å². The fourth-order valence-corrected chi connectivity index (χ4v) is 3.52. The quantitative estimate of drug-likeness (QED) is 0.871. The predicted octanol–water partition coefficient (Wildman–Crippen LogP) is 4.40. The van der Waals surface area contributed by atoms with Gasteiger partial charge in [-0.2, -0.15) is 0 Å². The lowest BCUT2D eigenvalue weighted by atomic mass is 9.85. The molecule has 0 aliphatic rings. The van der Waals surface area contributed by atoms with Crippen molar-refractivity contribution in [1.82, 2.24) is 0 Å². The third-order valence-electron chi connectivity index (χ3n) is 2.96. The second-order valence-corrected chi connectivity index (χ2v) is 5.51. The van der Waals surface area contributed by atoms with E-state index in [1.807, 2.05) is 29.6 Å². The van der Waals surface area contributed by atoms with E-state index < -0.39 is 5.54 Å². The molecule has 1 aromatic heterocycles. The van der Waals surface area contributed by atoms with Gasteiger partial charge in [0.2, 0.25) is 0 Å². The Bertz CT molecular complexity index is 480. The zero-order valence-corrected chi connectivity index (χ0v) is 11.4. The molecule has 2 rings (SSSR count). The van der Waals surface area contributed by atoms with Gasteiger partial charge in [0.05, 0.1) is 10.6 Å². The molecule has 1 aromatic carbocycles. The van der Waals surface area contributed by atoms with Gasteiger partial charge in [0.15, 0.2) is 0 Å². The third kappa shape index (κ3) is 2.39. The molecule has 2 aromatic rings.